The molecule has 0 saturated carbocycles. The largest absolute Gasteiger partial charge is 0.416 e. The Morgan fingerprint density at radius 1 is 0.686 bits per heavy atom. The molecule has 0 radical (unpaired) electrons. The highest BCUT2D eigenvalue weighted by atomic mass is 19.4. The smallest absolute Gasteiger partial charge is 0.368 e. The normalized spacial score (nSPS) is 17.7. The van der Waals surface area contributed by atoms with Crippen LogP contribution in [0.15, 0.2) is 97.4 Å². The van der Waals surface area contributed by atoms with Crippen LogP contribution in [0.2, 0.25) is 0 Å². The van der Waals surface area contributed by atoms with Gasteiger partial charge in [-0.05, 0) is 95.2 Å². The van der Waals surface area contributed by atoms with Gasteiger partial charge in [-0.1, -0.05) is 66.7 Å². The van der Waals surface area contributed by atoms with Crippen molar-refractivity contribution in [2.45, 2.75) is 44.2 Å². The summed E-state index contributed by atoms with van der Waals surface area (Å²) in [5.41, 5.74) is 8.57. The molecule has 1 N–H and O–H groups in total. The molecule has 1 nitrogen and oxygen atoms in total. The molecule has 3 aliphatic rings. The van der Waals surface area contributed by atoms with Crippen LogP contribution < -0.4 is 5.32 Å². The number of hydrogen-bond donors (Lipinski definition) is 1. The molecule has 4 heteroatoms. The van der Waals surface area contributed by atoms with Gasteiger partial charge in [-0.3, -0.25) is 0 Å². The summed E-state index contributed by atoms with van der Waals surface area (Å²) in [6.45, 7) is 0. The number of aryl methyl sites for hydroxylation is 1. The molecule has 2 aliphatic carbocycles. The number of hydrogen-bond acceptors (Lipinski definition) is 1. The van der Waals surface area contributed by atoms with Crippen LogP contribution in [0.5, 0.6) is 0 Å². The van der Waals surface area contributed by atoms with Crippen molar-refractivity contribution in [3.63, 3.8) is 0 Å². The Morgan fingerprint density at radius 3 is 2.29 bits per heavy atom. The monoisotopic (exact) mass is 471 g/mol. The molecule has 3 aromatic rings. The number of alkyl halides is 3. The third-order valence-electron chi connectivity index (χ3n) is 7.09. The van der Waals surface area contributed by atoms with Crippen molar-refractivity contribution in [2.24, 2.45) is 0 Å². The summed E-state index contributed by atoms with van der Waals surface area (Å²) in [5.74, 6) is 0.156. The summed E-state index contributed by atoms with van der Waals surface area (Å²) < 4.78 is 39.3. The van der Waals surface area contributed by atoms with Gasteiger partial charge in [-0.2, -0.15) is 13.2 Å². The number of nitrogens with one attached hydrogen (secondary N) is 1. The molecule has 0 saturated heterocycles. The fourth-order valence-corrected chi connectivity index (χ4v) is 5.39. The van der Waals surface area contributed by atoms with Gasteiger partial charge in [-0.25, -0.2) is 0 Å². The highest BCUT2D eigenvalue weighted by molar-refractivity contribution is 5.75. The number of halogens is 3. The molecule has 0 amide bonds. The molecule has 0 bridgehead atoms. The number of rotatable bonds is 1. The van der Waals surface area contributed by atoms with Gasteiger partial charge in [-0.15, -0.1) is 0 Å². The quantitative estimate of drug-likeness (QED) is 0.380. The minimum Gasteiger partial charge on any atom is -0.368 e. The van der Waals surface area contributed by atoms with Gasteiger partial charge in [0, 0.05) is 12.4 Å². The predicted octanol–water partition coefficient (Wildman–Crippen LogP) is 7.92. The van der Waals surface area contributed by atoms with Crippen LogP contribution in [0.4, 0.5) is 13.2 Å². The summed E-state index contributed by atoms with van der Waals surface area (Å²) in [4.78, 5) is 0. The number of fused-ring (bicyclic) bond motifs is 5. The Balaban J connectivity index is 0.000000313. The van der Waals surface area contributed by atoms with Crippen LogP contribution in [0.3, 0.4) is 0 Å². The van der Waals surface area contributed by atoms with E-state index in [2.05, 4.69) is 41.7 Å². The minimum absolute atomic E-state index is 0.156. The summed E-state index contributed by atoms with van der Waals surface area (Å²) in [7, 11) is 0. The third-order valence-corrected chi connectivity index (χ3v) is 7.09. The molecule has 0 spiro atoms. The van der Waals surface area contributed by atoms with Gasteiger partial charge in [0.05, 0.1) is 5.56 Å². The van der Waals surface area contributed by atoms with Crippen molar-refractivity contribution in [2.75, 3.05) is 0 Å². The van der Waals surface area contributed by atoms with Crippen molar-refractivity contribution in [1.29, 1.82) is 0 Å². The second kappa shape index (κ2) is 9.99. The van der Waals surface area contributed by atoms with E-state index >= 15 is 0 Å². The zero-order valence-electron chi connectivity index (χ0n) is 19.5. The SMILES string of the molecule is C1=CC=CNC=C1.FC(F)(F)c1cccc(C2CCc3c(ccc4c3CCc3ccccc3-4)C2)c1. The lowest BCUT2D eigenvalue weighted by molar-refractivity contribution is -0.137. The molecule has 1 aliphatic heterocycles. The van der Waals surface area contributed by atoms with Crippen LogP contribution in [-0.2, 0) is 31.9 Å². The van der Waals surface area contributed by atoms with Crippen LogP contribution in [0.1, 0.15) is 45.7 Å². The minimum atomic E-state index is -4.28. The Morgan fingerprint density at radius 2 is 1.49 bits per heavy atom. The van der Waals surface area contributed by atoms with Gasteiger partial charge in [0.2, 0.25) is 0 Å². The molecular weight excluding hydrogens is 443 g/mol. The Hall–Kier alpha value is -3.53. The molecule has 1 unspecified atom stereocenters. The lowest BCUT2D eigenvalue weighted by Crippen LogP contribution is -2.17. The number of allylic oxidation sites excluding steroid dienone is 4. The average Bonchev–Trinajstić information content (AvgIpc) is 3.21. The molecular formula is C31H28F3N. The van der Waals surface area contributed by atoms with Crippen molar-refractivity contribution in [1.82, 2.24) is 5.32 Å². The van der Waals surface area contributed by atoms with Crippen LogP contribution >= 0.6 is 0 Å². The molecule has 1 atom stereocenters. The van der Waals surface area contributed by atoms with E-state index in [9.17, 15) is 13.2 Å². The zero-order valence-corrected chi connectivity index (χ0v) is 19.5. The fraction of sp³-hybridized carbons (Fsp3) is 0.226. The van der Waals surface area contributed by atoms with E-state index in [-0.39, 0.29) is 5.92 Å². The van der Waals surface area contributed by atoms with Crippen LogP contribution in [0, 0.1) is 0 Å². The molecule has 1 heterocycles. The maximum absolute atomic E-state index is 13.1. The van der Waals surface area contributed by atoms with E-state index in [0.29, 0.717) is 0 Å². The van der Waals surface area contributed by atoms with Gasteiger partial charge in [0.1, 0.15) is 0 Å². The first-order valence-electron chi connectivity index (χ1n) is 12.1. The van der Waals surface area contributed by atoms with Crippen molar-refractivity contribution in [3.8, 4) is 11.1 Å². The van der Waals surface area contributed by atoms with Crippen LogP contribution in [0.25, 0.3) is 11.1 Å². The molecule has 0 fully saturated rings. The van der Waals surface area contributed by atoms with Crippen molar-refractivity contribution >= 4 is 0 Å². The summed E-state index contributed by atoms with van der Waals surface area (Å²) in [6.07, 6.45) is 12.1. The highest BCUT2D eigenvalue weighted by Gasteiger charge is 2.32. The lowest BCUT2D eigenvalue weighted by Gasteiger charge is -2.30. The number of benzene rings is 3. The standard InChI is InChI=1S/C25H21F3.C6H7N/c26-25(27,28)20-6-3-5-17(15-20)18-9-11-22-19(14-18)10-13-23-21-7-2-1-4-16(21)8-12-24(22)23;1-2-4-6-7-5-3-1/h1-7,10,13,15,18H,8-9,11-12,14H2;1-7H. The molecule has 178 valence electrons. The average molecular weight is 472 g/mol. The van der Waals surface area contributed by atoms with Gasteiger partial charge in [0.15, 0.2) is 0 Å². The highest BCUT2D eigenvalue weighted by Crippen LogP contribution is 2.42. The molecule has 3 aromatic carbocycles. The van der Waals surface area contributed by atoms with Gasteiger partial charge >= 0.3 is 6.18 Å². The first kappa shape index (κ1) is 23.2. The lowest BCUT2D eigenvalue weighted by atomic mass is 9.74. The summed E-state index contributed by atoms with van der Waals surface area (Å²) in [5, 5.41) is 2.92. The van der Waals surface area contributed by atoms with E-state index in [0.717, 1.165) is 43.7 Å². The third kappa shape index (κ3) is 5.12. The maximum Gasteiger partial charge on any atom is 0.416 e. The predicted molar refractivity (Wildman–Crippen MR) is 136 cm³/mol. The van der Waals surface area contributed by atoms with E-state index in [1.807, 2.05) is 42.8 Å². The summed E-state index contributed by atoms with van der Waals surface area (Å²) in [6, 6.07) is 18.9. The first-order valence-corrected chi connectivity index (χ1v) is 12.1. The van der Waals surface area contributed by atoms with E-state index in [4.69, 9.17) is 0 Å². The fourth-order valence-electron chi connectivity index (χ4n) is 5.39. The maximum atomic E-state index is 13.1. The second-order valence-corrected chi connectivity index (χ2v) is 9.22. The Bertz CT molecular complexity index is 1280. The first-order chi connectivity index (χ1) is 17.0. The van der Waals surface area contributed by atoms with Gasteiger partial charge in [0.25, 0.3) is 0 Å². The topological polar surface area (TPSA) is 12.0 Å². The zero-order chi connectivity index (χ0) is 24.3. The van der Waals surface area contributed by atoms with Gasteiger partial charge < -0.3 is 5.32 Å². The van der Waals surface area contributed by atoms with Crippen molar-refractivity contribution in [3.05, 3.63) is 131 Å². The molecule has 6 rings (SSSR count). The second-order valence-electron chi connectivity index (χ2n) is 9.22. The Labute approximate surface area is 204 Å². The molecule has 35 heavy (non-hydrogen) atoms. The molecule has 0 aromatic heterocycles. The van der Waals surface area contributed by atoms with E-state index in [1.54, 1.807) is 0 Å². The van der Waals surface area contributed by atoms with E-state index in [1.165, 1.54) is 45.5 Å². The van der Waals surface area contributed by atoms with E-state index < -0.39 is 11.7 Å². The summed E-state index contributed by atoms with van der Waals surface area (Å²) >= 11 is 0. The van der Waals surface area contributed by atoms with Crippen LogP contribution in [-0.4, -0.2) is 0 Å². The Kier molecular flexibility index (Phi) is 6.63. The van der Waals surface area contributed by atoms with Crippen molar-refractivity contribution < 1.29 is 13.2 Å².